The zero-order valence-electron chi connectivity index (χ0n) is 13.2. The van der Waals surface area contributed by atoms with E-state index in [1.54, 1.807) is 17.0 Å². The molecule has 5 heteroatoms. The second-order valence-corrected chi connectivity index (χ2v) is 6.37. The van der Waals surface area contributed by atoms with E-state index in [1.165, 1.54) is 12.1 Å². The summed E-state index contributed by atoms with van der Waals surface area (Å²) in [6.45, 7) is 0. The number of para-hydroxylation sites is 1. The fraction of sp³-hybridized carbons (Fsp3) is 0.211. The Balaban J connectivity index is 1.69. The lowest BCUT2D eigenvalue weighted by Gasteiger charge is -2.22. The van der Waals surface area contributed by atoms with E-state index < -0.39 is 10.3 Å². The average molecular weight is 320 g/mol. The van der Waals surface area contributed by atoms with Gasteiger partial charge in [-0.25, -0.2) is 0 Å². The van der Waals surface area contributed by atoms with Crippen molar-refractivity contribution in [2.75, 3.05) is 11.9 Å². The van der Waals surface area contributed by atoms with Crippen molar-refractivity contribution in [2.45, 2.75) is 17.8 Å². The van der Waals surface area contributed by atoms with Gasteiger partial charge >= 0.3 is 0 Å². The number of non-ortho nitro benzene ring substituents is 1. The number of carbonyl (C=O) groups is 1. The predicted octanol–water partition coefficient (Wildman–Crippen LogP) is 3.55. The molecule has 0 N–H and O–H groups in total. The summed E-state index contributed by atoms with van der Waals surface area (Å²) in [5.74, 6) is 0.165. The Morgan fingerprint density at radius 2 is 1.88 bits per heavy atom. The normalized spacial score (nSPS) is 24.6. The molecule has 2 atom stereocenters. The summed E-state index contributed by atoms with van der Waals surface area (Å²) in [7, 11) is 1.81. The quantitative estimate of drug-likeness (QED) is 0.483. The molecule has 0 saturated heterocycles. The Morgan fingerprint density at radius 1 is 1.17 bits per heavy atom. The Hall–Kier alpha value is -2.95. The van der Waals surface area contributed by atoms with Gasteiger partial charge in [0, 0.05) is 30.8 Å². The third kappa shape index (κ3) is 1.91. The molecule has 2 aromatic rings. The first-order valence-corrected chi connectivity index (χ1v) is 7.84. The van der Waals surface area contributed by atoms with Gasteiger partial charge in [-0.1, -0.05) is 42.5 Å². The molecule has 24 heavy (non-hydrogen) atoms. The van der Waals surface area contributed by atoms with Crippen LogP contribution in [-0.4, -0.2) is 17.9 Å². The molecule has 2 aromatic carbocycles. The Kier molecular flexibility index (Phi) is 3.06. The maximum absolute atomic E-state index is 12.9. The topological polar surface area (TPSA) is 63.5 Å². The number of fused-ring (bicyclic) bond motifs is 2. The first kappa shape index (κ1) is 14.6. The first-order valence-electron chi connectivity index (χ1n) is 7.84. The van der Waals surface area contributed by atoms with Crippen LogP contribution >= 0.6 is 0 Å². The molecule has 0 bridgehead atoms. The molecule has 1 spiro atoms. The molecule has 0 radical (unpaired) electrons. The highest BCUT2D eigenvalue weighted by Crippen LogP contribution is 2.51. The number of rotatable bonds is 2. The van der Waals surface area contributed by atoms with Gasteiger partial charge in [0.2, 0.25) is 5.91 Å². The minimum atomic E-state index is -0.613. The number of hydrogen-bond acceptors (Lipinski definition) is 3. The number of hydrogen-bond donors (Lipinski definition) is 0. The maximum Gasteiger partial charge on any atom is 0.269 e. The minimum absolute atomic E-state index is 0.0781. The first-order chi connectivity index (χ1) is 11.5. The molecular formula is C19H16N2O3. The molecule has 4 rings (SSSR count). The average Bonchev–Trinajstić information content (AvgIpc) is 3.14. The van der Waals surface area contributed by atoms with Crippen molar-refractivity contribution in [3.8, 4) is 0 Å². The summed E-state index contributed by atoms with van der Waals surface area (Å²) >= 11 is 0. The lowest BCUT2D eigenvalue weighted by atomic mass is 9.78. The van der Waals surface area contributed by atoms with Crippen LogP contribution in [0.5, 0.6) is 0 Å². The van der Waals surface area contributed by atoms with Crippen LogP contribution < -0.4 is 4.90 Å². The van der Waals surface area contributed by atoms with E-state index in [0.717, 1.165) is 16.8 Å². The molecule has 0 fully saturated rings. The summed E-state index contributed by atoms with van der Waals surface area (Å²) in [6.07, 6.45) is 4.71. The van der Waals surface area contributed by atoms with Gasteiger partial charge in [-0.2, -0.15) is 0 Å². The molecule has 0 unspecified atom stereocenters. The van der Waals surface area contributed by atoms with Crippen LogP contribution in [0.15, 0.2) is 60.7 Å². The van der Waals surface area contributed by atoms with Crippen molar-refractivity contribution in [3.05, 3.63) is 81.9 Å². The van der Waals surface area contributed by atoms with E-state index in [0.29, 0.717) is 6.42 Å². The number of carbonyl (C=O) groups excluding carboxylic acids is 1. The summed E-state index contributed by atoms with van der Waals surface area (Å²) in [5.41, 5.74) is 2.46. The van der Waals surface area contributed by atoms with Crippen LogP contribution in [-0.2, 0) is 10.2 Å². The van der Waals surface area contributed by atoms with E-state index in [2.05, 4.69) is 6.08 Å². The summed E-state index contributed by atoms with van der Waals surface area (Å²) in [4.78, 5) is 25.0. The number of nitro benzene ring substituents is 1. The molecule has 0 saturated carbocycles. The van der Waals surface area contributed by atoms with E-state index in [9.17, 15) is 14.9 Å². The van der Waals surface area contributed by atoms with Crippen molar-refractivity contribution in [1.29, 1.82) is 0 Å². The van der Waals surface area contributed by atoms with E-state index >= 15 is 0 Å². The van der Waals surface area contributed by atoms with Crippen molar-refractivity contribution in [2.24, 2.45) is 0 Å². The fourth-order valence-corrected chi connectivity index (χ4v) is 3.86. The van der Waals surface area contributed by atoms with E-state index in [4.69, 9.17) is 0 Å². The van der Waals surface area contributed by atoms with Crippen molar-refractivity contribution in [1.82, 2.24) is 0 Å². The van der Waals surface area contributed by atoms with Crippen LogP contribution in [0.1, 0.15) is 23.5 Å². The van der Waals surface area contributed by atoms with Crippen molar-refractivity contribution >= 4 is 17.3 Å². The lowest BCUT2D eigenvalue weighted by molar-refractivity contribution is -0.384. The highest BCUT2D eigenvalue weighted by molar-refractivity contribution is 6.09. The van der Waals surface area contributed by atoms with Crippen LogP contribution in [0, 0.1) is 10.1 Å². The van der Waals surface area contributed by atoms with Crippen molar-refractivity contribution in [3.63, 3.8) is 0 Å². The summed E-state index contributed by atoms with van der Waals surface area (Å²) in [5, 5.41) is 10.8. The van der Waals surface area contributed by atoms with Crippen LogP contribution in [0.4, 0.5) is 11.4 Å². The molecule has 0 aromatic heterocycles. The third-order valence-corrected chi connectivity index (χ3v) is 5.12. The number of nitrogens with zero attached hydrogens (tertiary/aromatic N) is 2. The Labute approximate surface area is 139 Å². The monoisotopic (exact) mass is 320 g/mol. The summed E-state index contributed by atoms with van der Waals surface area (Å²) in [6, 6.07) is 14.5. The lowest BCUT2D eigenvalue weighted by Crippen LogP contribution is -2.36. The zero-order chi connectivity index (χ0) is 16.9. The maximum atomic E-state index is 12.9. The van der Waals surface area contributed by atoms with Gasteiger partial charge in [-0.15, -0.1) is 0 Å². The van der Waals surface area contributed by atoms with Gasteiger partial charge < -0.3 is 4.90 Å². The van der Waals surface area contributed by atoms with Crippen molar-refractivity contribution < 1.29 is 9.72 Å². The Morgan fingerprint density at radius 3 is 2.58 bits per heavy atom. The van der Waals surface area contributed by atoms with E-state index in [-0.39, 0.29) is 17.5 Å². The Bertz CT molecular complexity index is 872. The van der Waals surface area contributed by atoms with Gasteiger partial charge in [-0.3, -0.25) is 14.9 Å². The van der Waals surface area contributed by atoms with Gasteiger partial charge in [0.15, 0.2) is 0 Å². The highest BCUT2D eigenvalue weighted by Gasteiger charge is 2.51. The second kappa shape index (κ2) is 5.03. The molecule has 5 nitrogen and oxygen atoms in total. The van der Waals surface area contributed by atoms with Gasteiger partial charge in [0.1, 0.15) is 0 Å². The standard InChI is InChI=1S/C19H16N2O3/c1-20-17-5-3-2-4-16(17)19(18(20)22)11-10-14(12-19)13-6-8-15(9-7-13)21(23)24/h2-11,14H,12H2,1H3/t14-,19+/m0/s1. The van der Waals surface area contributed by atoms with E-state index in [1.807, 2.05) is 37.4 Å². The number of allylic oxidation sites excluding steroid dienone is 1. The largest absolute Gasteiger partial charge is 0.314 e. The molecule has 1 amide bonds. The van der Waals surface area contributed by atoms with Gasteiger partial charge in [0.25, 0.3) is 5.69 Å². The number of anilines is 1. The van der Waals surface area contributed by atoms with Crippen LogP contribution in [0.3, 0.4) is 0 Å². The molecular weight excluding hydrogens is 304 g/mol. The van der Waals surface area contributed by atoms with Crippen LogP contribution in [0.2, 0.25) is 0 Å². The molecule has 120 valence electrons. The number of amides is 1. The molecule has 1 aliphatic heterocycles. The van der Waals surface area contributed by atoms with Gasteiger partial charge in [0.05, 0.1) is 10.3 Å². The SMILES string of the molecule is CN1C(=O)[C@@]2(C=C[C@H](c3ccc([N+](=O)[O-])cc3)C2)c2ccccc21. The number of likely N-dealkylation sites (N-methyl/N-ethyl adjacent to an activating group) is 1. The number of nitro groups is 1. The number of benzene rings is 2. The second-order valence-electron chi connectivity index (χ2n) is 6.37. The smallest absolute Gasteiger partial charge is 0.269 e. The zero-order valence-corrected chi connectivity index (χ0v) is 13.2. The van der Waals surface area contributed by atoms with Crippen LogP contribution in [0.25, 0.3) is 0 Å². The summed E-state index contributed by atoms with van der Waals surface area (Å²) < 4.78 is 0. The predicted molar refractivity (Wildman–Crippen MR) is 91.1 cm³/mol. The highest BCUT2D eigenvalue weighted by atomic mass is 16.6. The molecule has 1 heterocycles. The molecule has 2 aliphatic rings. The third-order valence-electron chi connectivity index (χ3n) is 5.12. The van der Waals surface area contributed by atoms with Gasteiger partial charge in [-0.05, 0) is 23.6 Å². The fourth-order valence-electron chi connectivity index (χ4n) is 3.86. The molecule has 1 aliphatic carbocycles. The minimum Gasteiger partial charge on any atom is -0.314 e.